The molecule has 2 amide bonds. The van der Waals surface area contributed by atoms with E-state index in [0.29, 0.717) is 5.56 Å². The molecule has 3 N–H and O–H groups in total. The zero-order valence-electron chi connectivity index (χ0n) is 19.0. The molecule has 0 radical (unpaired) electrons. The maximum Gasteiger partial charge on any atom is 0.326 e. The Labute approximate surface area is 197 Å². The van der Waals surface area contributed by atoms with Crippen LogP contribution in [-0.2, 0) is 20.7 Å². The van der Waals surface area contributed by atoms with Gasteiger partial charge in [-0.15, -0.1) is 0 Å². The maximum absolute atomic E-state index is 13.3. The third-order valence-corrected chi connectivity index (χ3v) is 6.19. The van der Waals surface area contributed by atoms with E-state index in [2.05, 4.69) is 10.6 Å². The number of aromatic hydroxyl groups is 1. The van der Waals surface area contributed by atoms with Crippen LogP contribution in [0.15, 0.2) is 73.1 Å². The predicted molar refractivity (Wildman–Crippen MR) is 126 cm³/mol. The van der Waals surface area contributed by atoms with Crippen molar-refractivity contribution in [1.29, 1.82) is 0 Å². The number of aromatic nitrogens is 1. The van der Waals surface area contributed by atoms with Crippen LogP contribution in [0.25, 0.3) is 11.1 Å². The third kappa shape index (κ3) is 5.02. The Bertz CT molecular complexity index is 1210. The topological polar surface area (TPSA) is 110 Å². The minimum Gasteiger partial charge on any atom is -0.508 e. The smallest absolute Gasteiger partial charge is 0.326 e. The summed E-state index contributed by atoms with van der Waals surface area (Å²) in [6, 6.07) is 16.5. The molecule has 34 heavy (non-hydrogen) atoms. The highest BCUT2D eigenvalue weighted by atomic mass is 16.5. The van der Waals surface area contributed by atoms with Crippen molar-refractivity contribution in [3.05, 3.63) is 78.6 Å². The summed E-state index contributed by atoms with van der Waals surface area (Å²) in [5.74, 6) is -1.05. The number of ketones is 1. The SMILES string of the molecule is CC1C(=O)COC1(C)NC(=O)C(Cc1cccc(O)c1)NC(=O)n1ccc(-c2ccccc2)c1. The molecule has 4 rings (SSSR count). The van der Waals surface area contributed by atoms with E-state index in [1.807, 2.05) is 36.4 Å². The number of phenolic OH excluding ortho intramolecular Hbond substituents is 1. The number of hydrogen-bond acceptors (Lipinski definition) is 5. The number of hydrogen-bond donors (Lipinski definition) is 3. The molecule has 176 valence electrons. The molecular formula is C26H27N3O5. The first-order chi connectivity index (χ1) is 16.2. The Balaban J connectivity index is 1.54. The minimum absolute atomic E-state index is 0.0613. The molecule has 3 unspecified atom stereocenters. The summed E-state index contributed by atoms with van der Waals surface area (Å²) in [4.78, 5) is 38.3. The number of rotatable bonds is 6. The molecule has 1 aliphatic heterocycles. The summed E-state index contributed by atoms with van der Waals surface area (Å²) in [5.41, 5.74) is 1.33. The van der Waals surface area contributed by atoms with Gasteiger partial charge in [-0.25, -0.2) is 4.79 Å². The lowest BCUT2D eigenvalue weighted by atomic mass is 9.97. The van der Waals surface area contributed by atoms with Gasteiger partial charge in [-0.1, -0.05) is 49.4 Å². The second kappa shape index (κ2) is 9.52. The molecule has 1 aliphatic rings. The number of amides is 2. The number of benzene rings is 2. The fraction of sp³-hybridized carbons (Fsp3) is 0.269. The van der Waals surface area contributed by atoms with Crippen LogP contribution in [0.1, 0.15) is 19.4 Å². The van der Waals surface area contributed by atoms with Gasteiger partial charge in [0, 0.05) is 18.8 Å². The summed E-state index contributed by atoms with van der Waals surface area (Å²) in [5, 5.41) is 15.4. The van der Waals surface area contributed by atoms with Gasteiger partial charge in [0.25, 0.3) is 0 Å². The molecule has 1 fully saturated rings. The van der Waals surface area contributed by atoms with E-state index in [9.17, 15) is 19.5 Å². The molecule has 8 nitrogen and oxygen atoms in total. The normalized spacial score (nSPS) is 20.6. The highest BCUT2D eigenvalue weighted by molar-refractivity contribution is 5.90. The second-order valence-electron chi connectivity index (χ2n) is 8.62. The van der Waals surface area contributed by atoms with E-state index in [4.69, 9.17) is 4.74 Å². The van der Waals surface area contributed by atoms with Crippen LogP contribution < -0.4 is 10.6 Å². The first-order valence-corrected chi connectivity index (χ1v) is 11.1. The average Bonchev–Trinajstić information content (AvgIpc) is 3.41. The van der Waals surface area contributed by atoms with Crippen LogP contribution in [0.3, 0.4) is 0 Å². The van der Waals surface area contributed by atoms with Crippen molar-refractivity contribution in [1.82, 2.24) is 15.2 Å². The number of nitrogens with one attached hydrogen (secondary N) is 2. The molecule has 2 aromatic carbocycles. The Hall–Kier alpha value is -3.91. The highest BCUT2D eigenvalue weighted by Gasteiger charge is 2.45. The zero-order chi connectivity index (χ0) is 24.3. The van der Waals surface area contributed by atoms with Crippen molar-refractivity contribution >= 4 is 17.7 Å². The summed E-state index contributed by atoms with van der Waals surface area (Å²) in [6.07, 6.45) is 3.45. The van der Waals surface area contributed by atoms with Crippen LogP contribution >= 0.6 is 0 Å². The lowest BCUT2D eigenvalue weighted by molar-refractivity contribution is -0.132. The van der Waals surface area contributed by atoms with Crippen molar-refractivity contribution in [2.75, 3.05) is 6.61 Å². The van der Waals surface area contributed by atoms with E-state index in [-0.39, 0.29) is 24.6 Å². The van der Waals surface area contributed by atoms with Crippen molar-refractivity contribution < 1.29 is 24.2 Å². The van der Waals surface area contributed by atoms with Crippen molar-refractivity contribution in [3.8, 4) is 16.9 Å². The van der Waals surface area contributed by atoms with Gasteiger partial charge in [0.1, 0.15) is 24.1 Å². The first kappa shape index (κ1) is 23.3. The van der Waals surface area contributed by atoms with E-state index in [1.54, 1.807) is 38.4 Å². The Kier molecular flexibility index (Phi) is 6.51. The third-order valence-electron chi connectivity index (χ3n) is 6.19. The summed E-state index contributed by atoms with van der Waals surface area (Å²) in [6.45, 7) is 3.27. The van der Waals surface area contributed by atoms with Crippen LogP contribution in [-0.4, -0.2) is 45.8 Å². The number of ether oxygens (including phenoxy) is 1. The van der Waals surface area contributed by atoms with Gasteiger partial charge in [-0.2, -0.15) is 0 Å². The largest absolute Gasteiger partial charge is 0.508 e. The van der Waals surface area contributed by atoms with Gasteiger partial charge in [0.05, 0.1) is 5.92 Å². The zero-order valence-corrected chi connectivity index (χ0v) is 19.0. The van der Waals surface area contributed by atoms with Crippen LogP contribution in [0.2, 0.25) is 0 Å². The van der Waals surface area contributed by atoms with Crippen LogP contribution in [0, 0.1) is 5.92 Å². The molecule has 1 saturated heterocycles. The molecule has 2 heterocycles. The average molecular weight is 462 g/mol. The fourth-order valence-corrected chi connectivity index (χ4v) is 3.93. The van der Waals surface area contributed by atoms with Crippen molar-refractivity contribution in [3.63, 3.8) is 0 Å². The Morgan fingerprint density at radius 3 is 2.59 bits per heavy atom. The van der Waals surface area contributed by atoms with E-state index >= 15 is 0 Å². The van der Waals surface area contributed by atoms with Gasteiger partial charge in [-0.3, -0.25) is 14.2 Å². The maximum atomic E-state index is 13.3. The second-order valence-corrected chi connectivity index (χ2v) is 8.62. The standard InChI is InChI=1S/C26H27N3O5/c1-17-23(31)16-34-26(17,2)28-24(32)22(14-18-7-6-10-21(30)13-18)27-25(33)29-12-11-20(15-29)19-8-4-3-5-9-19/h3-13,15,17,22,30H,14,16H2,1-2H3,(H,27,33)(H,28,32). The molecule has 3 atom stereocenters. The molecule has 8 heteroatoms. The first-order valence-electron chi connectivity index (χ1n) is 11.1. The van der Waals surface area contributed by atoms with Gasteiger partial charge >= 0.3 is 6.03 Å². The van der Waals surface area contributed by atoms with Gasteiger partial charge in [0.2, 0.25) is 5.91 Å². The number of carbonyl (C=O) groups is 3. The highest BCUT2D eigenvalue weighted by Crippen LogP contribution is 2.27. The summed E-state index contributed by atoms with van der Waals surface area (Å²) in [7, 11) is 0. The predicted octanol–water partition coefficient (Wildman–Crippen LogP) is 3.10. The van der Waals surface area contributed by atoms with Crippen molar-refractivity contribution in [2.24, 2.45) is 5.92 Å². The number of nitrogens with zero attached hydrogens (tertiary/aromatic N) is 1. The van der Waals surface area contributed by atoms with E-state index in [1.165, 1.54) is 16.7 Å². The lowest BCUT2D eigenvalue weighted by Gasteiger charge is -2.30. The van der Waals surface area contributed by atoms with E-state index in [0.717, 1.165) is 11.1 Å². The number of phenols is 1. The summed E-state index contributed by atoms with van der Waals surface area (Å²) < 4.78 is 6.94. The Morgan fingerprint density at radius 2 is 1.91 bits per heavy atom. The Morgan fingerprint density at radius 1 is 1.15 bits per heavy atom. The number of carbonyl (C=O) groups excluding carboxylic acids is 3. The van der Waals surface area contributed by atoms with Gasteiger partial charge in [0.15, 0.2) is 5.78 Å². The molecule has 0 bridgehead atoms. The van der Waals surface area contributed by atoms with Crippen LogP contribution in [0.4, 0.5) is 4.79 Å². The van der Waals surface area contributed by atoms with Gasteiger partial charge in [-0.05, 0) is 41.8 Å². The van der Waals surface area contributed by atoms with Crippen molar-refractivity contribution in [2.45, 2.75) is 32.0 Å². The minimum atomic E-state index is -1.16. The van der Waals surface area contributed by atoms with E-state index < -0.39 is 29.6 Å². The monoisotopic (exact) mass is 461 g/mol. The fourth-order valence-electron chi connectivity index (χ4n) is 3.93. The molecule has 0 saturated carbocycles. The molecule has 0 spiro atoms. The lowest BCUT2D eigenvalue weighted by Crippen LogP contribution is -2.57. The molecule has 0 aliphatic carbocycles. The molecule has 3 aromatic rings. The number of Topliss-reactive ketones (excluding diaryl/α,β-unsaturated/α-hetero) is 1. The molecule has 1 aromatic heterocycles. The van der Waals surface area contributed by atoms with Gasteiger partial charge < -0.3 is 20.5 Å². The quantitative estimate of drug-likeness (QED) is 0.523. The molecular weight excluding hydrogens is 434 g/mol. The summed E-state index contributed by atoms with van der Waals surface area (Å²) >= 11 is 0. The van der Waals surface area contributed by atoms with Crippen LogP contribution in [0.5, 0.6) is 5.75 Å².